The second kappa shape index (κ2) is 9.78. The van der Waals surface area contributed by atoms with E-state index in [1.165, 1.54) is 11.5 Å². The quantitative estimate of drug-likeness (QED) is 0.671. The largest absolute Gasteiger partial charge is 0.490 e. The van der Waals surface area contributed by atoms with Gasteiger partial charge in [0.05, 0.1) is 12.0 Å². The molecule has 0 saturated carbocycles. The van der Waals surface area contributed by atoms with Crippen LogP contribution < -0.4 is 5.14 Å². The summed E-state index contributed by atoms with van der Waals surface area (Å²) in [6.45, 7) is 8.52. The summed E-state index contributed by atoms with van der Waals surface area (Å²) >= 11 is 1.24. The van der Waals surface area contributed by atoms with Crippen molar-refractivity contribution in [3.8, 4) is 0 Å². The molecule has 8 nitrogen and oxygen atoms in total. The highest BCUT2D eigenvalue weighted by Gasteiger charge is 2.43. The lowest BCUT2D eigenvalue weighted by Crippen LogP contribution is -2.43. The van der Waals surface area contributed by atoms with Crippen molar-refractivity contribution >= 4 is 27.5 Å². The Morgan fingerprint density at radius 2 is 1.90 bits per heavy atom. The van der Waals surface area contributed by atoms with Crippen LogP contribution >= 0.6 is 11.5 Å². The van der Waals surface area contributed by atoms with Crippen LogP contribution in [-0.2, 0) is 26.8 Å². The third-order valence-electron chi connectivity index (χ3n) is 4.22. The van der Waals surface area contributed by atoms with Gasteiger partial charge in [-0.05, 0) is 31.5 Å². The van der Waals surface area contributed by atoms with E-state index in [1.807, 2.05) is 19.1 Å². The van der Waals surface area contributed by atoms with Crippen LogP contribution in [0.5, 0.6) is 0 Å². The van der Waals surface area contributed by atoms with Gasteiger partial charge in [-0.1, -0.05) is 38.2 Å². The lowest BCUT2D eigenvalue weighted by Gasteiger charge is -2.31. The number of nitrogens with two attached hydrogens (primary N) is 1. The van der Waals surface area contributed by atoms with Crippen molar-refractivity contribution in [3.05, 3.63) is 35.1 Å². The van der Waals surface area contributed by atoms with E-state index >= 15 is 0 Å². The lowest BCUT2D eigenvalue weighted by atomic mass is 9.84. The molecule has 2 rings (SSSR count). The highest BCUT2D eigenvalue weighted by atomic mass is 32.2. The van der Waals surface area contributed by atoms with Gasteiger partial charge in [-0.25, -0.2) is 23.3 Å². The van der Waals surface area contributed by atoms with Crippen molar-refractivity contribution in [2.45, 2.75) is 44.2 Å². The van der Waals surface area contributed by atoms with Gasteiger partial charge in [0.15, 0.2) is 5.82 Å². The van der Waals surface area contributed by atoms with Crippen molar-refractivity contribution < 1.29 is 31.5 Å². The molecule has 29 heavy (non-hydrogen) atoms. The van der Waals surface area contributed by atoms with Crippen molar-refractivity contribution in [2.75, 3.05) is 13.1 Å². The molecule has 0 radical (unpaired) electrons. The molecule has 1 aromatic heterocycles. The standard InChI is InChI=1S/C14H22N4O2S2.C2HF3O2/c1-4-18(5-2)10-12-16-13(21-17-12)14(3)9-7-6-8-11(14)22(15,19)20;3-2(4,5)1(6)7/h6-9,11H,4-5,10H2,1-3H3,(H2,15,19,20);(H,6,7). The van der Waals surface area contributed by atoms with Gasteiger partial charge in [0.1, 0.15) is 10.3 Å². The molecule has 1 aliphatic carbocycles. The third kappa shape index (κ3) is 6.87. The predicted octanol–water partition coefficient (Wildman–Crippen LogP) is 2.05. The molecule has 0 amide bonds. The minimum atomic E-state index is -5.08. The van der Waals surface area contributed by atoms with Crippen LogP contribution in [0.15, 0.2) is 24.3 Å². The van der Waals surface area contributed by atoms with Gasteiger partial charge < -0.3 is 5.11 Å². The number of halogens is 3. The highest BCUT2D eigenvalue weighted by molar-refractivity contribution is 7.90. The number of alkyl halides is 3. The fraction of sp³-hybridized carbons (Fsp3) is 0.562. The highest BCUT2D eigenvalue weighted by Crippen LogP contribution is 2.36. The van der Waals surface area contributed by atoms with Crippen molar-refractivity contribution in [3.63, 3.8) is 0 Å². The normalized spacial score (nSPS) is 21.7. The molecule has 1 heterocycles. The number of rotatable bonds is 6. The van der Waals surface area contributed by atoms with E-state index in [0.717, 1.165) is 18.9 Å². The zero-order chi connectivity index (χ0) is 22.5. The first kappa shape index (κ1) is 25.2. The van der Waals surface area contributed by atoms with E-state index in [1.54, 1.807) is 12.2 Å². The average Bonchev–Trinajstić information content (AvgIpc) is 3.08. The number of aromatic nitrogens is 2. The Labute approximate surface area is 171 Å². The first-order valence-corrected chi connectivity index (χ1v) is 10.9. The number of hydrogen-bond donors (Lipinski definition) is 2. The summed E-state index contributed by atoms with van der Waals surface area (Å²) < 4.78 is 59.9. The van der Waals surface area contributed by atoms with E-state index in [4.69, 9.17) is 15.0 Å². The van der Waals surface area contributed by atoms with Gasteiger partial charge in [-0.2, -0.15) is 17.5 Å². The monoisotopic (exact) mass is 456 g/mol. The Bertz CT molecular complexity index is 864. The Hall–Kier alpha value is -1.83. The molecular formula is C16H23F3N4O4S2. The predicted molar refractivity (Wildman–Crippen MR) is 103 cm³/mol. The molecular weight excluding hydrogens is 433 g/mol. The first-order valence-electron chi connectivity index (χ1n) is 8.48. The Kier molecular flexibility index (Phi) is 8.50. The Morgan fingerprint density at radius 3 is 2.34 bits per heavy atom. The number of aliphatic carboxylic acids is 1. The molecule has 1 aliphatic rings. The molecule has 13 heteroatoms. The second-order valence-electron chi connectivity index (χ2n) is 6.32. The maximum atomic E-state index is 11.9. The van der Waals surface area contributed by atoms with Gasteiger partial charge in [0, 0.05) is 0 Å². The zero-order valence-electron chi connectivity index (χ0n) is 16.0. The Morgan fingerprint density at radius 1 is 1.34 bits per heavy atom. The molecule has 0 aliphatic heterocycles. The number of sulfonamides is 1. The van der Waals surface area contributed by atoms with E-state index in [2.05, 4.69) is 28.1 Å². The number of carboxylic acids is 1. The van der Waals surface area contributed by atoms with Gasteiger partial charge in [-0.3, -0.25) is 4.90 Å². The topological polar surface area (TPSA) is 126 Å². The van der Waals surface area contributed by atoms with Crippen LogP contribution in [0.1, 0.15) is 31.6 Å². The summed E-state index contributed by atoms with van der Waals surface area (Å²) in [5.41, 5.74) is -0.776. The van der Waals surface area contributed by atoms with E-state index in [0.29, 0.717) is 11.6 Å². The van der Waals surface area contributed by atoms with Crippen LogP contribution in [0.25, 0.3) is 0 Å². The first-order chi connectivity index (χ1) is 13.3. The molecule has 3 N–H and O–H groups in total. The molecule has 164 valence electrons. The molecule has 1 aromatic rings. The van der Waals surface area contributed by atoms with Gasteiger partial charge >= 0.3 is 12.1 Å². The maximum absolute atomic E-state index is 11.9. The molecule has 2 unspecified atom stereocenters. The summed E-state index contributed by atoms with van der Waals surface area (Å²) in [5, 5.41) is 12.4. The average molecular weight is 457 g/mol. The van der Waals surface area contributed by atoms with Crippen molar-refractivity contribution in [1.82, 2.24) is 14.3 Å². The zero-order valence-corrected chi connectivity index (χ0v) is 17.7. The van der Waals surface area contributed by atoms with Crippen molar-refractivity contribution in [1.29, 1.82) is 0 Å². The molecule has 0 bridgehead atoms. The number of hydrogen-bond acceptors (Lipinski definition) is 7. The number of primary sulfonamides is 1. The van der Waals surface area contributed by atoms with Crippen LogP contribution in [0.4, 0.5) is 13.2 Å². The second-order valence-corrected chi connectivity index (χ2v) is 8.75. The molecule has 2 atom stereocenters. The summed E-state index contributed by atoms with van der Waals surface area (Å²) in [6, 6.07) is 0. The van der Waals surface area contributed by atoms with Crippen LogP contribution in [0.3, 0.4) is 0 Å². The number of carbonyl (C=O) groups is 1. The number of carboxylic acid groups (broad SMARTS) is 1. The fourth-order valence-corrected chi connectivity index (χ4v) is 4.63. The fourth-order valence-electron chi connectivity index (χ4n) is 2.54. The smallest absolute Gasteiger partial charge is 0.475 e. The van der Waals surface area contributed by atoms with Gasteiger partial charge in [0.25, 0.3) is 0 Å². The molecule has 0 saturated heterocycles. The van der Waals surface area contributed by atoms with Crippen LogP contribution in [0.2, 0.25) is 0 Å². The number of allylic oxidation sites excluding steroid dienone is 3. The minimum absolute atomic E-state index is 0.666. The summed E-state index contributed by atoms with van der Waals surface area (Å²) in [6.07, 6.45) is 1.90. The van der Waals surface area contributed by atoms with Gasteiger partial charge in [-0.15, -0.1) is 0 Å². The van der Waals surface area contributed by atoms with Crippen LogP contribution in [-0.4, -0.2) is 58.3 Å². The van der Waals surface area contributed by atoms with E-state index < -0.39 is 32.8 Å². The summed E-state index contributed by atoms with van der Waals surface area (Å²) in [4.78, 5) is 15.7. The van der Waals surface area contributed by atoms with Crippen molar-refractivity contribution in [2.24, 2.45) is 5.14 Å². The Balaban J connectivity index is 0.000000516. The molecule has 0 spiro atoms. The van der Waals surface area contributed by atoms with Crippen LogP contribution in [0, 0.1) is 0 Å². The maximum Gasteiger partial charge on any atom is 0.490 e. The minimum Gasteiger partial charge on any atom is -0.475 e. The SMILES string of the molecule is CCN(CC)Cc1nsc(C2(C)C=CC=CC2S(N)(=O)=O)n1.O=C(O)C(F)(F)F. The summed E-state index contributed by atoms with van der Waals surface area (Å²) in [5.74, 6) is -2.03. The molecule has 0 aromatic carbocycles. The summed E-state index contributed by atoms with van der Waals surface area (Å²) in [7, 11) is -3.71. The van der Waals surface area contributed by atoms with E-state index in [-0.39, 0.29) is 0 Å². The lowest BCUT2D eigenvalue weighted by molar-refractivity contribution is -0.192. The number of nitrogens with zero attached hydrogens (tertiary/aromatic N) is 3. The van der Waals surface area contributed by atoms with E-state index in [9.17, 15) is 21.6 Å². The van der Waals surface area contributed by atoms with Gasteiger partial charge in [0.2, 0.25) is 10.0 Å². The molecule has 0 fully saturated rings. The third-order valence-corrected chi connectivity index (χ3v) is 6.58.